The van der Waals surface area contributed by atoms with Gasteiger partial charge in [0.15, 0.2) is 0 Å². The minimum absolute atomic E-state index is 0.0962. The van der Waals surface area contributed by atoms with Crippen LogP contribution < -0.4 is 11.3 Å². The largest absolute Gasteiger partial charge is 0.294 e. The van der Waals surface area contributed by atoms with Crippen LogP contribution in [0.5, 0.6) is 0 Å². The molecule has 0 aromatic rings. The summed E-state index contributed by atoms with van der Waals surface area (Å²) < 4.78 is 0. The van der Waals surface area contributed by atoms with Crippen molar-refractivity contribution in [3.05, 3.63) is 0 Å². The molecule has 0 unspecified atom stereocenters. The van der Waals surface area contributed by atoms with Crippen molar-refractivity contribution in [1.82, 2.24) is 5.43 Å². The van der Waals surface area contributed by atoms with Gasteiger partial charge >= 0.3 is 0 Å². The third kappa shape index (κ3) is 5.91. The van der Waals surface area contributed by atoms with E-state index >= 15 is 0 Å². The zero-order valence-electron chi connectivity index (χ0n) is 6.22. The van der Waals surface area contributed by atoms with Gasteiger partial charge in [0.05, 0.1) is 5.75 Å². The fourth-order valence-corrected chi connectivity index (χ4v) is 1.36. The van der Waals surface area contributed by atoms with Crippen molar-refractivity contribution in [3.8, 4) is 0 Å². The Morgan fingerprint density at radius 3 is 2.90 bits per heavy atom. The van der Waals surface area contributed by atoms with E-state index in [0.717, 1.165) is 5.75 Å². The fraction of sp³-hybridized carbons (Fsp3) is 0.833. The van der Waals surface area contributed by atoms with E-state index in [1.54, 1.807) is 11.8 Å². The number of unbranched alkanes of at least 4 members (excludes halogenated alkanes) is 1. The number of nitrogens with two attached hydrogens (primary N) is 1. The zero-order valence-corrected chi connectivity index (χ0v) is 7.04. The van der Waals surface area contributed by atoms with Gasteiger partial charge in [-0.2, -0.15) is 11.8 Å². The van der Waals surface area contributed by atoms with Crippen molar-refractivity contribution in [2.75, 3.05) is 11.5 Å². The first-order valence-corrected chi connectivity index (χ1v) is 4.54. The van der Waals surface area contributed by atoms with Gasteiger partial charge in [-0.3, -0.25) is 10.2 Å². The SMILES string of the molecule is CCCCSCC(=O)NN. The Morgan fingerprint density at radius 2 is 2.40 bits per heavy atom. The van der Waals surface area contributed by atoms with Crippen LogP contribution in [0.1, 0.15) is 19.8 Å². The summed E-state index contributed by atoms with van der Waals surface area (Å²) in [6, 6.07) is 0. The Labute approximate surface area is 65.7 Å². The van der Waals surface area contributed by atoms with Crippen molar-refractivity contribution in [1.29, 1.82) is 0 Å². The maximum Gasteiger partial charge on any atom is 0.243 e. The number of hydrogen-bond acceptors (Lipinski definition) is 3. The van der Waals surface area contributed by atoms with Crippen molar-refractivity contribution in [3.63, 3.8) is 0 Å². The first-order valence-electron chi connectivity index (χ1n) is 3.38. The second kappa shape index (κ2) is 6.89. The summed E-state index contributed by atoms with van der Waals surface area (Å²) >= 11 is 1.62. The zero-order chi connectivity index (χ0) is 7.82. The van der Waals surface area contributed by atoms with Gasteiger partial charge in [-0.15, -0.1) is 0 Å². The van der Waals surface area contributed by atoms with Crippen LogP contribution in [0.4, 0.5) is 0 Å². The highest BCUT2D eigenvalue weighted by molar-refractivity contribution is 7.99. The number of carbonyl (C=O) groups excluding carboxylic acids is 1. The van der Waals surface area contributed by atoms with Crippen molar-refractivity contribution < 1.29 is 4.79 Å². The molecule has 0 aliphatic heterocycles. The molecule has 0 spiro atoms. The Bertz CT molecular complexity index is 97.7. The topological polar surface area (TPSA) is 55.1 Å². The number of nitrogens with one attached hydrogen (secondary N) is 1. The molecule has 3 nitrogen and oxygen atoms in total. The summed E-state index contributed by atoms with van der Waals surface area (Å²) in [5.41, 5.74) is 2.08. The van der Waals surface area contributed by atoms with E-state index < -0.39 is 0 Å². The van der Waals surface area contributed by atoms with Crippen LogP contribution in [-0.2, 0) is 4.79 Å². The Morgan fingerprint density at radius 1 is 1.70 bits per heavy atom. The van der Waals surface area contributed by atoms with Crippen molar-refractivity contribution in [2.45, 2.75) is 19.8 Å². The maximum absolute atomic E-state index is 10.5. The maximum atomic E-state index is 10.5. The van der Waals surface area contributed by atoms with Gasteiger partial charge < -0.3 is 0 Å². The van der Waals surface area contributed by atoms with Gasteiger partial charge in [0, 0.05) is 0 Å². The van der Waals surface area contributed by atoms with E-state index in [9.17, 15) is 4.79 Å². The summed E-state index contributed by atoms with van der Waals surface area (Å²) in [5, 5.41) is 0. The van der Waals surface area contributed by atoms with Gasteiger partial charge in [0.25, 0.3) is 0 Å². The van der Waals surface area contributed by atoms with Gasteiger partial charge in [-0.05, 0) is 12.2 Å². The lowest BCUT2D eigenvalue weighted by molar-refractivity contribution is -0.118. The summed E-state index contributed by atoms with van der Waals surface area (Å²) in [4.78, 5) is 10.5. The van der Waals surface area contributed by atoms with Crippen LogP contribution in [0.2, 0.25) is 0 Å². The minimum atomic E-state index is -0.0962. The molecular weight excluding hydrogens is 148 g/mol. The third-order valence-electron chi connectivity index (χ3n) is 1.04. The average molecular weight is 162 g/mol. The van der Waals surface area contributed by atoms with Crippen LogP contribution in [0.15, 0.2) is 0 Å². The predicted molar refractivity (Wildman–Crippen MR) is 44.6 cm³/mol. The molecule has 4 heteroatoms. The van der Waals surface area contributed by atoms with E-state index in [4.69, 9.17) is 5.84 Å². The smallest absolute Gasteiger partial charge is 0.243 e. The quantitative estimate of drug-likeness (QED) is 0.268. The first kappa shape index (κ1) is 9.78. The number of rotatable bonds is 5. The van der Waals surface area contributed by atoms with E-state index in [1.165, 1.54) is 12.8 Å². The lowest BCUT2D eigenvalue weighted by Crippen LogP contribution is -2.31. The normalized spacial score (nSPS) is 9.40. The van der Waals surface area contributed by atoms with Gasteiger partial charge in [-0.25, -0.2) is 5.84 Å². The molecule has 0 aromatic carbocycles. The number of hydrazine groups is 1. The molecule has 60 valence electrons. The molecule has 0 saturated heterocycles. The molecule has 0 fully saturated rings. The van der Waals surface area contributed by atoms with E-state index in [-0.39, 0.29) is 5.91 Å². The highest BCUT2D eigenvalue weighted by Crippen LogP contribution is 2.02. The lowest BCUT2D eigenvalue weighted by atomic mass is 10.4. The van der Waals surface area contributed by atoms with Gasteiger partial charge in [-0.1, -0.05) is 13.3 Å². The van der Waals surface area contributed by atoms with Crippen LogP contribution in [0, 0.1) is 0 Å². The molecule has 3 N–H and O–H groups in total. The highest BCUT2D eigenvalue weighted by Gasteiger charge is 1.95. The molecule has 0 heterocycles. The molecule has 0 aliphatic carbocycles. The molecular formula is C6H14N2OS. The Kier molecular flexibility index (Phi) is 6.74. The highest BCUT2D eigenvalue weighted by atomic mass is 32.2. The summed E-state index contributed by atoms with van der Waals surface area (Å²) in [6.07, 6.45) is 2.35. The van der Waals surface area contributed by atoms with Crippen LogP contribution in [-0.4, -0.2) is 17.4 Å². The summed E-state index contributed by atoms with van der Waals surface area (Å²) in [7, 11) is 0. The van der Waals surface area contributed by atoms with E-state index in [0.29, 0.717) is 5.75 Å². The molecule has 0 saturated carbocycles. The molecule has 0 aliphatic rings. The molecule has 1 amide bonds. The van der Waals surface area contributed by atoms with E-state index in [1.807, 2.05) is 0 Å². The summed E-state index contributed by atoms with van der Waals surface area (Å²) in [6.45, 7) is 2.13. The predicted octanol–water partition coefficient (Wildman–Crippen LogP) is 0.510. The molecule has 0 rings (SSSR count). The van der Waals surface area contributed by atoms with Crippen molar-refractivity contribution in [2.24, 2.45) is 5.84 Å². The Hall–Kier alpha value is -0.220. The minimum Gasteiger partial charge on any atom is -0.294 e. The molecule has 0 aromatic heterocycles. The number of hydrogen-bond donors (Lipinski definition) is 2. The molecule has 0 radical (unpaired) electrons. The summed E-state index contributed by atoms with van der Waals surface area (Å²) in [5.74, 6) is 6.31. The van der Waals surface area contributed by atoms with Crippen LogP contribution in [0.25, 0.3) is 0 Å². The lowest BCUT2D eigenvalue weighted by Gasteiger charge is -1.97. The molecule has 0 atom stereocenters. The number of carbonyl (C=O) groups is 1. The van der Waals surface area contributed by atoms with Gasteiger partial charge in [0.1, 0.15) is 0 Å². The van der Waals surface area contributed by atoms with Gasteiger partial charge in [0.2, 0.25) is 5.91 Å². The Balaban J connectivity index is 2.96. The van der Waals surface area contributed by atoms with E-state index in [2.05, 4.69) is 12.3 Å². The second-order valence-electron chi connectivity index (χ2n) is 1.97. The second-order valence-corrected chi connectivity index (χ2v) is 3.08. The van der Waals surface area contributed by atoms with Crippen molar-refractivity contribution >= 4 is 17.7 Å². The van der Waals surface area contributed by atoms with Crippen LogP contribution in [0.3, 0.4) is 0 Å². The van der Waals surface area contributed by atoms with Crippen LogP contribution >= 0.6 is 11.8 Å². The fourth-order valence-electron chi connectivity index (χ4n) is 0.453. The standard InChI is InChI=1S/C6H14N2OS/c1-2-3-4-10-5-6(9)8-7/h2-5,7H2,1H3,(H,8,9). The third-order valence-corrected chi connectivity index (χ3v) is 2.08. The first-order chi connectivity index (χ1) is 4.81. The molecule has 10 heavy (non-hydrogen) atoms. The monoisotopic (exact) mass is 162 g/mol. The number of amides is 1. The average Bonchev–Trinajstić information content (AvgIpc) is 1.98. The molecule has 0 bridgehead atoms. The number of thioether (sulfide) groups is 1.